The zero-order chi connectivity index (χ0) is 21.5. The summed E-state index contributed by atoms with van der Waals surface area (Å²) in [6.45, 7) is 0.185. The Kier molecular flexibility index (Phi) is 5.60. The molecule has 0 aliphatic carbocycles. The first-order valence-corrected chi connectivity index (χ1v) is 10.3. The third-order valence-electron chi connectivity index (χ3n) is 5.15. The number of carbonyl (C=O) groups excluding carboxylic acids is 2. The van der Waals surface area contributed by atoms with E-state index in [0.29, 0.717) is 31.9 Å². The van der Waals surface area contributed by atoms with Crippen LogP contribution < -0.4 is 4.90 Å². The predicted octanol–water partition coefficient (Wildman–Crippen LogP) is 5.65. The van der Waals surface area contributed by atoms with E-state index in [1.54, 1.807) is 66.7 Å². The van der Waals surface area contributed by atoms with Gasteiger partial charge in [-0.25, -0.2) is 0 Å². The molecule has 1 aliphatic rings. The van der Waals surface area contributed by atoms with E-state index in [1.807, 2.05) is 0 Å². The van der Waals surface area contributed by atoms with Crippen molar-refractivity contribution in [1.29, 1.82) is 0 Å². The largest absolute Gasteiger partial charge is 0.375 e. The van der Waals surface area contributed by atoms with Crippen LogP contribution in [-0.4, -0.2) is 16.8 Å². The summed E-state index contributed by atoms with van der Waals surface area (Å²) in [5.74, 6) is -0.911. The van der Waals surface area contributed by atoms with E-state index in [0.717, 1.165) is 5.56 Å². The average molecular weight is 461 g/mol. The monoisotopic (exact) mass is 459 g/mol. The second-order valence-corrected chi connectivity index (χ2v) is 8.37. The Morgan fingerprint density at radius 3 is 2.33 bits per heavy atom. The molecule has 0 saturated carbocycles. The zero-order valence-corrected chi connectivity index (χ0v) is 17.9. The van der Waals surface area contributed by atoms with Crippen molar-refractivity contribution in [3.63, 3.8) is 0 Å². The highest BCUT2D eigenvalue weighted by atomic mass is 35.5. The molecule has 7 heteroatoms. The third-order valence-corrected chi connectivity index (χ3v) is 6.14. The van der Waals surface area contributed by atoms with E-state index >= 15 is 0 Å². The molecule has 1 amide bonds. The van der Waals surface area contributed by atoms with Crippen LogP contribution in [0.5, 0.6) is 0 Å². The lowest BCUT2D eigenvalue weighted by molar-refractivity contribution is -0.136. The van der Waals surface area contributed by atoms with Crippen molar-refractivity contribution >= 4 is 52.2 Å². The van der Waals surface area contributed by atoms with Gasteiger partial charge in [0.1, 0.15) is 0 Å². The van der Waals surface area contributed by atoms with E-state index in [-0.39, 0.29) is 18.7 Å². The average Bonchev–Trinajstić information content (AvgIpc) is 2.93. The highest BCUT2D eigenvalue weighted by Crippen LogP contribution is 2.43. The second kappa shape index (κ2) is 8.05. The fourth-order valence-corrected chi connectivity index (χ4v) is 4.07. The Morgan fingerprint density at radius 2 is 1.63 bits per heavy atom. The van der Waals surface area contributed by atoms with E-state index in [4.69, 9.17) is 34.8 Å². The van der Waals surface area contributed by atoms with Gasteiger partial charge < -0.3 is 10.0 Å². The standard InChI is InChI=1S/C23H16Cl3NO3/c24-16-8-6-15(7-9-16)21(28)12-23(30)17-3-1-2-4-20(17)27(22(23)29)13-14-5-10-18(25)19(26)11-14/h1-11,30H,12-13H2/t23-/m1/s1. The summed E-state index contributed by atoms with van der Waals surface area (Å²) in [4.78, 5) is 27.6. The van der Waals surface area contributed by atoms with E-state index < -0.39 is 11.5 Å². The summed E-state index contributed by atoms with van der Waals surface area (Å²) < 4.78 is 0. The topological polar surface area (TPSA) is 57.6 Å². The number of benzene rings is 3. The lowest BCUT2D eigenvalue weighted by Gasteiger charge is -2.23. The molecule has 1 atom stereocenters. The van der Waals surface area contributed by atoms with Gasteiger partial charge in [0.2, 0.25) is 0 Å². The first-order chi connectivity index (χ1) is 14.3. The van der Waals surface area contributed by atoms with Crippen molar-refractivity contribution in [1.82, 2.24) is 0 Å². The van der Waals surface area contributed by atoms with Gasteiger partial charge in [-0.2, -0.15) is 0 Å². The lowest BCUT2D eigenvalue weighted by Crippen LogP contribution is -2.41. The number of hydrogen-bond acceptors (Lipinski definition) is 3. The van der Waals surface area contributed by atoms with Crippen LogP contribution in [0.1, 0.15) is 27.9 Å². The molecule has 0 bridgehead atoms. The highest BCUT2D eigenvalue weighted by Gasteiger charge is 2.50. The fraction of sp³-hybridized carbons (Fsp3) is 0.130. The summed E-state index contributed by atoms with van der Waals surface area (Å²) in [5, 5.41) is 12.7. The molecule has 1 heterocycles. The summed E-state index contributed by atoms with van der Waals surface area (Å²) in [7, 11) is 0. The third kappa shape index (κ3) is 3.72. The number of para-hydroxylation sites is 1. The number of carbonyl (C=O) groups is 2. The SMILES string of the molecule is O=C(C[C@]1(O)C(=O)N(Cc2ccc(Cl)c(Cl)c2)c2ccccc21)c1ccc(Cl)cc1. The van der Waals surface area contributed by atoms with Crippen molar-refractivity contribution < 1.29 is 14.7 Å². The summed E-state index contributed by atoms with van der Waals surface area (Å²) in [6, 6.07) is 18.4. The number of nitrogens with zero attached hydrogens (tertiary/aromatic N) is 1. The number of aliphatic hydroxyl groups is 1. The maximum absolute atomic E-state index is 13.3. The van der Waals surface area contributed by atoms with Gasteiger partial charge in [0.05, 0.1) is 28.7 Å². The molecule has 0 aromatic heterocycles. The molecule has 4 nitrogen and oxygen atoms in total. The maximum Gasteiger partial charge on any atom is 0.264 e. The number of rotatable bonds is 5. The van der Waals surface area contributed by atoms with E-state index in [1.165, 1.54) is 4.90 Å². The van der Waals surface area contributed by atoms with Gasteiger partial charge in [0, 0.05) is 16.1 Å². The molecule has 1 N–H and O–H groups in total. The number of ketones is 1. The number of amides is 1. The normalized spacial score (nSPS) is 17.9. The molecular weight excluding hydrogens is 445 g/mol. The van der Waals surface area contributed by atoms with Gasteiger partial charge >= 0.3 is 0 Å². The molecule has 0 radical (unpaired) electrons. The van der Waals surface area contributed by atoms with Gasteiger partial charge in [-0.1, -0.05) is 59.1 Å². The van der Waals surface area contributed by atoms with Crippen molar-refractivity contribution in [2.75, 3.05) is 4.90 Å². The Morgan fingerprint density at radius 1 is 0.933 bits per heavy atom. The minimum atomic E-state index is -1.95. The number of fused-ring (bicyclic) bond motifs is 1. The number of Topliss-reactive ketones (excluding diaryl/α,β-unsaturated/α-hetero) is 1. The smallest absolute Gasteiger partial charge is 0.264 e. The maximum atomic E-state index is 13.3. The fourth-order valence-electron chi connectivity index (χ4n) is 3.63. The minimum Gasteiger partial charge on any atom is -0.375 e. The van der Waals surface area contributed by atoms with Gasteiger partial charge in [-0.3, -0.25) is 9.59 Å². The highest BCUT2D eigenvalue weighted by molar-refractivity contribution is 6.42. The number of halogens is 3. The van der Waals surface area contributed by atoms with Crippen LogP contribution in [0, 0.1) is 0 Å². The molecule has 0 fully saturated rings. The van der Waals surface area contributed by atoms with Crippen LogP contribution in [0.4, 0.5) is 5.69 Å². The molecule has 0 unspecified atom stereocenters. The summed E-state index contributed by atoms with van der Waals surface area (Å²) >= 11 is 18.0. The molecule has 30 heavy (non-hydrogen) atoms. The second-order valence-electron chi connectivity index (χ2n) is 7.12. The Bertz CT molecular complexity index is 1150. The lowest BCUT2D eigenvalue weighted by atomic mass is 9.88. The van der Waals surface area contributed by atoms with Gasteiger partial charge in [0.25, 0.3) is 5.91 Å². The van der Waals surface area contributed by atoms with E-state index in [2.05, 4.69) is 0 Å². The van der Waals surface area contributed by atoms with Crippen LogP contribution in [0.15, 0.2) is 66.7 Å². The van der Waals surface area contributed by atoms with Crippen molar-refractivity contribution in [3.8, 4) is 0 Å². The van der Waals surface area contributed by atoms with Crippen LogP contribution in [0.2, 0.25) is 15.1 Å². The van der Waals surface area contributed by atoms with Gasteiger partial charge in [-0.05, 0) is 48.0 Å². The molecular formula is C23H16Cl3NO3. The molecule has 3 aromatic rings. The number of anilines is 1. The van der Waals surface area contributed by atoms with Crippen LogP contribution in [0.3, 0.4) is 0 Å². The predicted molar refractivity (Wildman–Crippen MR) is 118 cm³/mol. The molecule has 1 aliphatic heterocycles. The summed E-state index contributed by atoms with van der Waals surface area (Å²) in [5.41, 5.74) is 0.128. The Balaban J connectivity index is 1.67. The van der Waals surface area contributed by atoms with Crippen molar-refractivity contribution in [2.24, 2.45) is 0 Å². The summed E-state index contributed by atoms with van der Waals surface area (Å²) in [6.07, 6.45) is -0.373. The molecule has 152 valence electrons. The first kappa shape index (κ1) is 20.9. The molecule has 4 rings (SSSR count). The molecule has 0 spiro atoms. The minimum absolute atomic E-state index is 0.185. The van der Waals surface area contributed by atoms with Crippen LogP contribution >= 0.6 is 34.8 Å². The van der Waals surface area contributed by atoms with Gasteiger partial charge in [-0.15, -0.1) is 0 Å². The Hall–Kier alpha value is -2.37. The quantitative estimate of drug-likeness (QED) is 0.500. The molecule has 3 aromatic carbocycles. The van der Waals surface area contributed by atoms with Crippen LogP contribution in [-0.2, 0) is 16.9 Å². The van der Waals surface area contributed by atoms with Crippen LogP contribution in [0.25, 0.3) is 0 Å². The Labute approximate surface area is 188 Å². The van der Waals surface area contributed by atoms with E-state index in [9.17, 15) is 14.7 Å². The zero-order valence-electron chi connectivity index (χ0n) is 15.6. The van der Waals surface area contributed by atoms with Crippen molar-refractivity contribution in [2.45, 2.75) is 18.6 Å². The molecule has 0 saturated heterocycles. The number of hydrogen-bond donors (Lipinski definition) is 1. The first-order valence-electron chi connectivity index (χ1n) is 9.16. The van der Waals surface area contributed by atoms with Gasteiger partial charge in [0.15, 0.2) is 11.4 Å². The van der Waals surface area contributed by atoms with Crippen molar-refractivity contribution in [3.05, 3.63) is 98.5 Å².